The topological polar surface area (TPSA) is 101 Å². The van der Waals surface area contributed by atoms with Crippen LogP contribution in [0.15, 0.2) is 12.5 Å². The number of primary amides is 1. The van der Waals surface area contributed by atoms with Gasteiger partial charge in [-0.1, -0.05) is 0 Å². The predicted molar refractivity (Wildman–Crippen MR) is 48.8 cm³/mol. The zero-order valence-corrected chi connectivity index (χ0v) is 7.65. The van der Waals surface area contributed by atoms with Gasteiger partial charge in [0.1, 0.15) is 6.04 Å². The quantitative estimate of drug-likeness (QED) is 0.571. The van der Waals surface area contributed by atoms with E-state index in [4.69, 9.17) is 5.73 Å². The van der Waals surface area contributed by atoms with E-state index in [1.807, 2.05) is 0 Å². The van der Waals surface area contributed by atoms with Gasteiger partial charge in [-0.25, -0.2) is 4.98 Å². The van der Waals surface area contributed by atoms with Crippen molar-refractivity contribution < 1.29 is 9.59 Å². The van der Waals surface area contributed by atoms with E-state index in [2.05, 4.69) is 15.3 Å². The van der Waals surface area contributed by atoms with Gasteiger partial charge in [-0.15, -0.1) is 0 Å². The summed E-state index contributed by atoms with van der Waals surface area (Å²) in [5, 5.41) is 2.40. The number of aromatic amines is 1. The number of imidazole rings is 1. The Hall–Kier alpha value is -1.85. The lowest BCUT2D eigenvalue weighted by Gasteiger charge is -2.12. The van der Waals surface area contributed by atoms with E-state index in [1.54, 1.807) is 0 Å². The maximum absolute atomic E-state index is 10.9. The number of amides is 2. The highest BCUT2D eigenvalue weighted by atomic mass is 16.2. The summed E-state index contributed by atoms with van der Waals surface area (Å²) in [5.41, 5.74) is 5.71. The molecule has 0 fully saturated rings. The molecule has 0 bridgehead atoms. The third-order valence-corrected chi connectivity index (χ3v) is 1.53. The molecule has 6 nitrogen and oxygen atoms in total. The number of nitrogens with two attached hydrogens (primary N) is 1. The molecule has 1 aromatic heterocycles. The van der Waals surface area contributed by atoms with Gasteiger partial charge >= 0.3 is 0 Å². The summed E-state index contributed by atoms with van der Waals surface area (Å²) in [5.74, 6) is -0.931. The molecule has 0 aliphatic rings. The zero-order chi connectivity index (χ0) is 10.6. The van der Waals surface area contributed by atoms with Crippen molar-refractivity contribution in [3.63, 3.8) is 0 Å². The van der Waals surface area contributed by atoms with Crippen LogP contribution in [0.3, 0.4) is 0 Å². The molecule has 0 aliphatic carbocycles. The number of H-pyrrole nitrogens is 1. The molecule has 4 N–H and O–H groups in total. The Balaban J connectivity index is 2.60. The normalized spacial score (nSPS) is 12.1. The number of rotatable bonds is 4. The monoisotopic (exact) mass is 195 g/mol. The van der Waals surface area contributed by atoms with E-state index in [9.17, 15) is 9.59 Å². The van der Waals surface area contributed by atoms with Crippen molar-refractivity contribution in [3.05, 3.63) is 24.6 Å². The second-order valence-corrected chi connectivity index (χ2v) is 2.75. The lowest BCUT2D eigenvalue weighted by atomic mass is 10.1. The minimum absolute atomic E-state index is 0.315. The first-order chi connectivity index (χ1) is 6.59. The Morgan fingerprint density at radius 3 is 2.86 bits per heavy atom. The van der Waals surface area contributed by atoms with E-state index in [0.717, 1.165) is 0 Å². The van der Waals surface area contributed by atoms with Crippen LogP contribution in [0, 0.1) is 6.42 Å². The van der Waals surface area contributed by atoms with Crippen molar-refractivity contribution in [2.24, 2.45) is 5.73 Å². The molecule has 14 heavy (non-hydrogen) atoms. The average Bonchev–Trinajstić information content (AvgIpc) is 2.54. The van der Waals surface area contributed by atoms with Crippen LogP contribution in [-0.4, -0.2) is 27.8 Å². The van der Waals surface area contributed by atoms with Crippen molar-refractivity contribution in [2.45, 2.75) is 13.0 Å². The van der Waals surface area contributed by atoms with Crippen LogP contribution in [0.1, 0.15) is 12.6 Å². The van der Waals surface area contributed by atoms with Gasteiger partial charge in [0.2, 0.25) is 11.8 Å². The molecule has 0 aromatic carbocycles. The number of carbonyl (C=O) groups is 2. The molecular weight excluding hydrogens is 184 g/mol. The van der Waals surface area contributed by atoms with Crippen LogP contribution in [0.4, 0.5) is 0 Å². The third kappa shape index (κ3) is 2.89. The lowest BCUT2D eigenvalue weighted by molar-refractivity contribution is -0.125. The average molecular weight is 195 g/mol. The van der Waals surface area contributed by atoms with E-state index in [0.29, 0.717) is 5.69 Å². The number of carbonyl (C=O) groups excluding carboxylic acids is 2. The van der Waals surface area contributed by atoms with Crippen LogP contribution < -0.4 is 11.1 Å². The first-order valence-corrected chi connectivity index (χ1v) is 3.99. The molecule has 1 rings (SSSR count). The van der Waals surface area contributed by atoms with Gasteiger partial charge in [0.15, 0.2) is 0 Å². The largest absolute Gasteiger partial charge is 0.368 e. The Kier molecular flexibility index (Phi) is 3.22. The fraction of sp³-hybridized carbons (Fsp3) is 0.250. The lowest BCUT2D eigenvalue weighted by Crippen LogP contribution is -2.44. The molecule has 2 amide bonds. The SMILES string of the molecule is CC(=O)NC([CH]c1cnc[nH]1)C(N)=O. The molecule has 1 heterocycles. The summed E-state index contributed by atoms with van der Waals surface area (Å²) in [4.78, 5) is 28.2. The molecule has 1 unspecified atom stereocenters. The molecule has 0 saturated heterocycles. The highest BCUT2D eigenvalue weighted by Gasteiger charge is 2.17. The molecular formula is C8H11N4O2. The third-order valence-electron chi connectivity index (χ3n) is 1.53. The molecule has 1 atom stereocenters. The van der Waals surface area contributed by atoms with Crippen LogP contribution in [0.2, 0.25) is 0 Å². The minimum Gasteiger partial charge on any atom is -0.368 e. The van der Waals surface area contributed by atoms with Crippen LogP contribution in [0.25, 0.3) is 0 Å². The van der Waals surface area contributed by atoms with Crippen LogP contribution in [-0.2, 0) is 9.59 Å². The smallest absolute Gasteiger partial charge is 0.240 e. The van der Waals surface area contributed by atoms with Gasteiger partial charge in [0, 0.05) is 25.2 Å². The molecule has 1 aromatic rings. The van der Waals surface area contributed by atoms with Gasteiger partial charge in [-0.05, 0) is 0 Å². The Morgan fingerprint density at radius 2 is 2.43 bits per heavy atom. The maximum atomic E-state index is 10.9. The standard InChI is InChI=1S/C8H11N4O2/c1-5(13)12-7(8(9)14)2-6-3-10-4-11-6/h2-4,7H,1H3,(H2,9,14)(H,10,11)(H,12,13). The van der Waals surface area contributed by atoms with Gasteiger partial charge in [-0.3, -0.25) is 9.59 Å². The van der Waals surface area contributed by atoms with Crippen molar-refractivity contribution in [2.75, 3.05) is 0 Å². The Labute approximate surface area is 80.9 Å². The number of hydrogen-bond donors (Lipinski definition) is 3. The second-order valence-electron chi connectivity index (χ2n) is 2.75. The summed E-state index contributed by atoms with van der Waals surface area (Å²) in [6.45, 7) is 1.32. The Morgan fingerprint density at radius 1 is 1.71 bits per heavy atom. The molecule has 1 radical (unpaired) electrons. The summed E-state index contributed by atoms with van der Waals surface area (Å²) in [6.07, 6.45) is 4.49. The summed E-state index contributed by atoms with van der Waals surface area (Å²) in [6, 6.07) is -0.812. The minimum atomic E-state index is -0.812. The summed E-state index contributed by atoms with van der Waals surface area (Å²) in [7, 11) is 0. The number of nitrogens with one attached hydrogen (secondary N) is 2. The van der Waals surface area contributed by atoms with Crippen LogP contribution >= 0.6 is 0 Å². The fourth-order valence-corrected chi connectivity index (χ4v) is 0.951. The Bertz CT molecular complexity index is 320. The van der Waals surface area contributed by atoms with Gasteiger partial charge in [-0.2, -0.15) is 0 Å². The van der Waals surface area contributed by atoms with E-state index >= 15 is 0 Å². The predicted octanol–water partition coefficient (Wildman–Crippen LogP) is -1.05. The van der Waals surface area contributed by atoms with Gasteiger partial charge in [0.05, 0.1) is 6.33 Å². The molecule has 0 saturated carbocycles. The summed E-state index contributed by atoms with van der Waals surface area (Å²) < 4.78 is 0. The van der Waals surface area contributed by atoms with Crippen molar-refractivity contribution in [1.29, 1.82) is 0 Å². The first-order valence-electron chi connectivity index (χ1n) is 3.99. The zero-order valence-electron chi connectivity index (χ0n) is 7.65. The number of nitrogens with zero attached hydrogens (tertiary/aromatic N) is 1. The van der Waals surface area contributed by atoms with E-state index in [1.165, 1.54) is 25.9 Å². The number of aromatic nitrogens is 2. The van der Waals surface area contributed by atoms with E-state index < -0.39 is 11.9 Å². The molecule has 75 valence electrons. The summed E-state index contributed by atoms with van der Waals surface area (Å²) >= 11 is 0. The molecule has 0 spiro atoms. The highest BCUT2D eigenvalue weighted by Crippen LogP contribution is 2.00. The highest BCUT2D eigenvalue weighted by molar-refractivity contribution is 5.87. The maximum Gasteiger partial charge on any atom is 0.240 e. The number of hydrogen-bond acceptors (Lipinski definition) is 3. The van der Waals surface area contributed by atoms with Crippen LogP contribution in [0.5, 0.6) is 0 Å². The van der Waals surface area contributed by atoms with E-state index in [-0.39, 0.29) is 5.91 Å². The first kappa shape index (κ1) is 10.2. The molecule has 0 aliphatic heterocycles. The van der Waals surface area contributed by atoms with Crippen molar-refractivity contribution >= 4 is 11.8 Å². The molecule has 6 heteroatoms. The van der Waals surface area contributed by atoms with Gasteiger partial charge in [0.25, 0.3) is 0 Å². The van der Waals surface area contributed by atoms with Crippen molar-refractivity contribution in [3.8, 4) is 0 Å². The van der Waals surface area contributed by atoms with Crippen molar-refractivity contribution in [1.82, 2.24) is 15.3 Å². The van der Waals surface area contributed by atoms with Gasteiger partial charge < -0.3 is 16.0 Å². The fourth-order valence-electron chi connectivity index (χ4n) is 0.951. The second kappa shape index (κ2) is 4.40.